The Balaban J connectivity index is 1.81. The summed E-state index contributed by atoms with van der Waals surface area (Å²) in [4.78, 5) is 12.2. The van der Waals surface area contributed by atoms with Crippen molar-refractivity contribution in [2.24, 2.45) is 11.1 Å². The minimum absolute atomic E-state index is 0.00462. The van der Waals surface area contributed by atoms with Crippen LogP contribution in [0.3, 0.4) is 0 Å². The van der Waals surface area contributed by atoms with Crippen LogP contribution in [-0.2, 0) is 14.3 Å². The van der Waals surface area contributed by atoms with Crippen LogP contribution in [0.1, 0.15) is 64.2 Å². The van der Waals surface area contributed by atoms with Crippen molar-refractivity contribution in [2.75, 3.05) is 13.7 Å². The van der Waals surface area contributed by atoms with E-state index in [4.69, 9.17) is 15.2 Å². The third-order valence-corrected chi connectivity index (χ3v) is 5.08. The molecule has 0 aromatic carbocycles. The van der Waals surface area contributed by atoms with Crippen molar-refractivity contribution in [3.63, 3.8) is 0 Å². The Kier molecular flexibility index (Phi) is 5.85. The van der Waals surface area contributed by atoms with Gasteiger partial charge in [-0.2, -0.15) is 0 Å². The van der Waals surface area contributed by atoms with E-state index in [2.05, 4.69) is 0 Å². The number of hydrogen-bond acceptors (Lipinski definition) is 4. The van der Waals surface area contributed by atoms with Crippen LogP contribution in [0.4, 0.5) is 0 Å². The molecule has 2 aliphatic rings. The van der Waals surface area contributed by atoms with Crippen molar-refractivity contribution in [3.05, 3.63) is 0 Å². The lowest BCUT2D eigenvalue weighted by Gasteiger charge is -2.36. The van der Waals surface area contributed by atoms with Crippen molar-refractivity contribution >= 4 is 5.97 Å². The molecule has 0 spiro atoms. The van der Waals surface area contributed by atoms with Gasteiger partial charge in [0.15, 0.2) is 0 Å². The maximum atomic E-state index is 12.2. The molecule has 0 aromatic heterocycles. The fourth-order valence-electron chi connectivity index (χ4n) is 3.71. The Labute approximate surface area is 122 Å². The van der Waals surface area contributed by atoms with Crippen molar-refractivity contribution in [1.82, 2.24) is 0 Å². The Morgan fingerprint density at radius 3 is 2.50 bits per heavy atom. The first-order valence-electron chi connectivity index (χ1n) is 8.10. The molecule has 4 nitrogen and oxygen atoms in total. The molecule has 2 atom stereocenters. The fourth-order valence-corrected chi connectivity index (χ4v) is 3.71. The maximum absolute atomic E-state index is 12.2. The van der Waals surface area contributed by atoms with Crippen LogP contribution in [0.2, 0.25) is 0 Å². The van der Waals surface area contributed by atoms with Crippen LogP contribution in [0, 0.1) is 5.41 Å². The van der Waals surface area contributed by atoms with Gasteiger partial charge in [-0.15, -0.1) is 0 Å². The molecule has 0 amide bonds. The topological polar surface area (TPSA) is 61.5 Å². The van der Waals surface area contributed by atoms with Crippen LogP contribution in [0.5, 0.6) is 0 Å². The molecule has 20 heavy (non-hydrogen) atoms. The van der Waals surface area contributed by atoms with Gasteiger partial charge in [-0.1, -0.05) is 19.3 Å². The first-order chi connectivity index (χ1) is 9.67. The molecule has 0 aliphatic heterocycles. The highest BCUT2D eigenvalue weighted by Gasteiger charge is 2.34. The zero-order chi connectivity index (χ0) is 14.4. The second kappa shape index (κ2) is 7.41. The summed E-state index contributed by atoms with van der Waals surface area (Å²) >= 11 is 0. The van der Waals surface area contributed by atoms with Gasteiger partial charge in [0.05, 0.1) is 12.5 Å². The second-order valence-electron chi connectivity index (χ2n) is 6.58. The normalized spacial score (nSPS) is 29.9. The first kappa shape index (κ1) is 15.8. The molecule has 4 heteroatoms. The molecule has 0 bridgehead atoms. The Morgan fingerprint density at radius 2 is 1.85 bits per heavy atom. The van der Waals surface area contributed by atoms with Crippen LogP contribution >= 0.6 is 0 Å². The van der Waals surface area contributed by atoms with Gasteiger partial charge in [-0.05, 0) is 44.1 Å². The van der Waals surface area contributed by atoms with E-state index in [1.165, 1.54) is 19.3 Å². The fraction of sp³-hybridized carbons (Fsp3) is 0.938. The standard InChI is InChI=1S/C16H29NO3/c1-19-13-6-5-7-14(10-13)20-15(18)11-16(12-17)8-3-2-4-9-16/h13-14H,2-12,17H2,1H3. The van der Waals surface area contributed by atoms with Crippen LogP contribution in [-0.4, -0.2) is 31.8 Å². The average Bonchev–Trinajstić information content (AvgIpc) is 2.48. The highest BCUT2D eigenvalue weighted by molar-refractivity contribution is 5.70. The molecular weight excluding hydrogens is 254 g/mol. The monoisotopic (exact) mass is 283 g/mol. The lowest BCUT2D eigenvalue weighted by atomic mass is 9.72. The molecule has 0 heterocycles. The molecule has 0 aromatic rings. The molecule has 2 aliphatic carbocycles. The Bertz CT molecular complexity index is 313. The van der Waals surface area contributed by atoms with Crippen molar-refractivity contribution in [3.8, 4) is 0 Å². The summed E-state index contributed by atoms with van der Waals surface area (Å²) in [7, 11) is 1.74. The SMILES string of the molecule is COC1CCCC(OC(=O)CC2(CN)CCCCC2)C1. The number of ether oxygens (including phenoxy) is 2. The molecule has 2 saturated carbocycles. The van der Waals surface area contributed by atoms with Crippen LogP contribution in [0.25, 0.3) is 0 Å². The molecule has 2 unspecified atom stereocenters. The zero-order valence-electron chi connectivity index (χ0n) is 12.7. The largest absolute Gasteiger partial charge is 0.462 e. The number of hydrogen-bond donors (Lipinski definition) is 1. The predicted molar refractivity (Wildman–Crippen MR) is 78.3 cm³/mol. The zero-order valence-corrected chi connectivity index (χ0v) is 12.7. The van der Waals surface area contributed by atoms with E-state index < -0.39 is 0 Å². The lowest BCUT2D eigenvalue weighted by molar-refractivity contribution is -0.156. The van der Waals surface area contributed by atoms with Gasteiger partial charge in [-0.3, -0.25) is 4.79 Å². The third kappa shape index (κ3) is 4.19. The predicted octanol–water partition coefficient (Wildman–Crippen LogP) is 2.79. The molecule has 2 rings (SSSR count). The molecule has 116 valence electrons. The van der Waals surface area contributed by atoms with E-state index in [0.29, 0.717) is 13.0 Å². The quantitative estimate of drug-likeness (QED) is 0.788. The average molecular weight is 283 g/mol. The summed E-state index contributed by atoms with van der Waals surface area (Å²) in [6.45, 7) is 0.605. The van der Waals surface area contributed by atoms with E-state index >= 15 is 0 Å². The van der Waals surface area contributed by atoms with Gasteiger partial charge in [0.25, 0.3) is 0 Å². The first-order valence-corrected chi connectivity index (χ1v) is 8.10. The third-order valence-electron chi connectivity index (χ3n) is 5.08. The summed E-state index contributed by atoms with van der Waals surface area (Å²) in [5, 5.41) is 0. The number of rotatable bonds is 5. The summed E-state index contributed by atoms with van der Waals surface area (Å²) in [6.07, 6.45) is 10.6. The van der Waals surface area contributed by atoms with Crippen molar-refractivity contribution in [2.45, 2.75) is 76.4 Å². The smallest absolute Gasteiger partial charge is 0.306 e. The highest BCUT2D eigenvalue weighted by atomic mass is 16.5. The molecule has 0 radical (unpaired) electrons. The Morgan fingerprint density at radius 1 is 1.15 bits per heavy atom. The minimum atomic E-state index is -0.0564. The number of nitrogens with two attached hydrogens (primary N) is 1. The Hall–Kier alpha value is -0.610. The number of carbonyl (C=O) groups is 1. The van der Waals surface area contributed by atoms with Crippen LogP contribution < -0.4 is 5.73 Å². The summed E-state index contributed by atoms with van der Waals surface area (Å²) in [5.74, 6) is -0.0564. The maximum Gasteiger partial charge on any atom is 0.306 e. The van der Waals surface area contributed by atoms with E-state index in [0.717, 1.165) is 38.5 Å². The van der Waals surface area contributed by atoms with Crippen molar-refractivity contribution in [1.29, 1.82) is 0 Å². The number of carbonyl (C=O) groups excluding carboxylic acids is 1. The van der Waals surface area contributed by atoms with Crippen molar-refractivity contribution < 1.29 is 14.3 Å². The lowest BCUT2D eigenvalue weighted by Crippen LogP contribution is -2.37. The van der Waals surface area contributed by atoms with Gasteiger partial charge in [0.1, 0.15) is 6.10 Å². The van der Waals surface area contributed by atoms with E-state index in [-0.39, 0.29) is 23.6 Å². The molecular formula is C16H29NO3. The minimum Gasteiger partial charge on any atom is -0.462 e. The second-order valence-corrected chi connectivity index (χ2v) is 6.58. The van der Waals surface area contributed by atoms with Gasteiger partial charge >= 0.3 is 5.97 Å². The van der Waals surface area contributed by atoms with E-state index in [1.54, 1.807) is 7.11 Å². The van der Waals surface area contributed by atoms with Crippen LogP contribution in [0.15, 0.2) is 0 Å². The summed E-state index contributed by atoms with van der Waals surface area (Å²) < 4.78 is 11.1. The van der Waals surface area contributed by atoms with Gasteiger partial charge < -0.3 is 15.2 Å². The number of methoxy groups -OCH3 is 1. The molecule has 2 fully saturated rings. The van der Waals surface area contributed by atoms with E-state index in [9.17, 15) is 4.79 Å². The highest BCUT2D eigenvalue weighted by Crippen LogP contribution is 2.39. The summed E-state index contributed by atoms with van der Waals surface area (Å²) in [6, 6.07) is 0. The van der Waals surface area contributed by atoms with Gasteiger partial charge in [0, 0.05) is 13.5 Å². The van der Waals surface area contributed by atoms with Gasteiger partial charge in [-0.25, -0.2) is 0 Å². The summed E-state index contributed by atoms with van der Waals surface area (Å²) in [5.41, 5.74) is 5.94. The molecule has 0 saturated heterocycles. The molecule has 2 N–H and O–H groups in total. The number of esters is 1. The van der Waals surface area contributed by atoms with Gasteiger partial charge in [0.2, 0.25) is 0 Å². The van der Waals surface area contributed by atoms with E-state index in [1.807, 2.05) is 0 Å².